The van der Waals surface area contributed by atoms with Crippen LogP contribution in [0.5, 0.6) is 0 Å². The van der Waals surface area contributed by atoms with Gasteiger partial charge < -0.3 is 10.3 Å². The van der Waals surface area contributed by atoms with Crippen molar-refractivity contribution >= 4 is 17.5 Å². The van der Waals surface area contributed by atoms with Crippen LogP contribution in [0.4, 0.5) is 5.88 Å². The van der Waals surface area contributed by atoms with Crippen molar-refractivity contribution < 1.29 is 4.52 Å². The molecule has 0 spiro atoms. The summed E-state index contributed by atoms with van der Waals surface area (Å²) >= 11 is 6.28. The number of anilines is 1. The summed E-state index contributed by atoms with van der Waals surface area (Å²) < 4.78 is 5.21. The van der Waals surface area contributed by atoms with Crippen LogP contribution in [0.2, 0.25) is 5.02 Å². The van der Waals surface area contributed by atoms with Crippen LogP contribution < -0.4 is 5.73 Å². The van der Waals surface area contributed by atoms with E-state index in [2.05, 4.69) is 5.16 Å². The largest absolute Gasteiger partial charge is 0.367 e. The quantitative estimate of drug-likeness (QED) is 0.856. The van der Waals surface area contributed by atoms with Gasteiger partial charge in [-0.2, -0.15) is 0 Å². The number of rotatable bonds is 4. The second kappa shape index (κ2) is 6.52. The minimum atomic E-state index is 0.363. The first-order valence-electron chi connectivity index (χ1n) is 7.74. The van der Waals surface area contributed by atoms with E-state index in [0.717, 1.165) is 35.6 Å². The van der Waals surface area contributed by atoms with Crippen molar-refractivity contribution in [3.05, 3.63) is 35.0 Å². The van der Waals surface area contributed by atoms with E-state index in [1.165, 1.54) is 32.1 Å². The summed E-state index contributed by atoms with van der Waals surface area (Å²) in [6.07, 6.45) is 8.86. The van der Waals surface area contributed by atoms with Crippen LogP contribution in [-0.2, 0) is 6.42 Å². The predicted molar refractivity (Wildman–Crippen MR) is 86.3 cm³/mol. The van der Waals surface area contributed by atoms with Crippen molar-refractivity contribution in [1.82, 2.24) is 5.16 Å². The Kier molecular flexibility index (Phi) is 4.49. The van der Waals surface area contributed by atoms with Crippen molar-refractivity contribution in [3.63, 3.8) is 0 Å². The summed E-state index contributed by atoms with van der Waals surface area (Å²) in [6.45, 7) is 0. The Hall–Kier alpha value is -1.48. The molecule has 0 saturated heterocycles. The fourth-order valence-corrected chi connectivity index (χ4v) is 3.51. The van der Waals surface area contributed by atoms with Gasteiger partial charge in [-0.3, -0.25) is 0 Å². The van der Waals surface area contributed by atoms with Gasteiger partial charge in [-0.15, -0.1) is 0 Å². The highest BCUT2D eigenvalue weighted by Gasteiger charge is 2.20. The average Bonchev–Trinajstić information content (AvgIpc) is 2.88. The van der Waals surface area contributed by atoms with E-state index >= 15 is 0 Å². The van der Waals surface area contributed by atoms with Gasteiger partial charge in [0.1, 0.15) is 0 Å². The molecule has 3 nitrogen and oxygen atoms in total. The average molecular weight is 305 g/mol. The van der Waals surface area contributed by atoms with Gasteiger partial charge in [0.15, 0.2) is 0 Å². The first-order chi connectivity index (χ1) is 10.3. The normalized spacial score (nSPS) is 16.2. The molecule has 3 rings (SSSR count). The Morgan fingerprint density at radius 3 is 2.71 bits per heavy atom. The Labute approximate surface area is 130 Å². The number of aromatic nitrogens is 1. The minimum Gasteiger partial charge on any atom is -0.367 e. The Morgan fingerprint density at radius 1 is 1.19 bits per heavy atom. The van der Waals surface area contributed by atoms with Crippen molar-refractivity contribution in [3.8, 4) is 11.1 Å². The van der Waals surface area contributed by atoms with Crippen LogP contribution in [0.3, 0.4) is 0 Å². The van der Waals surface area contributed by atoms with Crippen LogP contribution in [0.1, 0.15) is 44.2 Å². The lowest BCUT2D eigenvalue weighted by atomic mass is 9.85. The maximum absolute atomic E-state index is 6.28. The van der Waals surface area contributed by atoms with Gasteiger partial charge in [0.05, 0.1) is 11.3 Å². The first-order valence-corrected chi connectivity index (χ1v) is 8.12. The van der Waals surface area contributed by atoms with E-state index in [0.29, 0.717) is 10.9 Å². The van der Waals surface area contributed by atoms with E-state index in [9.17, 15) is 0 Å². The molecule has 112 valence electrons. The summed E-state index contributed by atoms with van der Waals surface area (Å²) in [5.41, 5.74) is 8.68. The third-order valence-corrected chi connectivity index (χ3v) is 4.78. The van der Waals surface area contributed by atoms with E-state index < -0.39 is 0 Å². The second-order valence-electron chi connectivity index (χ2n) is 5.89. The highest BCUT2D eigenvalue weighted by molar-refractivity contribution is 6.33. The minimum absolute atomic E-state index is 0.363. The lowest BCUT2D eigenvalue weighted by Gasteiger charge is -2.20. The Morgan fingerprint density at radius 2 is 1.95 bits per heavy atom. The molecule has 1 aliphatic carbocycles. The van der Waals surface area contributed by atoms with Crippen LogP contribution in [-0.4, -0.2) is 5.16 Å². The third-order valence-electron chi connectivity index (χ3n) is 4.45. The molecule has 1 saturated carbocycles. The molecule has 1 aliphatic rings. The Bertz CT molecular complexity index is 603. The molecule has 1 heterocycles. The maximum Gasteiger partial charge on any atom is 0.230 e. The molecular weight excluding hydrogens is 284 g/mol. The summed E-state index contributed by atoms with van der Waals surface area (Å²) in [7, 11) is 0. The molecule has 1 aromatic carbocycles. The van der Waals surface area contributed by atoms with Gasteiger partial charge in [-0.05, 0) is 24.8 Å². The van der Waals surface area contributed by atoms with Crippen LogP contribution in [0.25, 0.3) is 11.1 Å². The smallest absolute Gasteiger partial charge is 0.230 e. The van der Waals surface area contributed by atoms with Gasteiger partial charge in [0.25, 0.3) is 0 Å². The van der Waals surface area contributed by atoms with Crippen LogP contribution >= 0.6 is 11.6 Å². The molecule has 0 aliphatic heterocycles. The number of nitrogens with two attached hydrogens (primary N) is 1. The molecule has 4 heteroatoms. The zero-order valence-electron chi connectivity index (χ0n) is 12.1. The van der Waals surface area contributed by atoms with Gasteiger partial charge in [0.2, 0.25) is 5.88 Å². The molecule has 2 N–H and O–H groups in total. The fraction of sp³-hybridized carbons (Fsp3) is 0.471. The summed E-state index contributed by atoms with van der Waals surface area (Å²) in [4.78, 5) is 0. The summed E-state index contributed by atoms with van der Waals surface area (Å²) in [6, 6.07) is 7.71. The number of nitrogen functional groups attached to an aromatic ring is 1. The van der Waals surface area contributed by atoms with E-state index in [-0.39, 0.29) is 0 Å². The van der Waals surface area contributed by atoms with Crippen molar-refractivity contribution in [2.45, 2.75) is 44.9 Å². The SMILES string of the molecule is Nc1onc(CCC2CCCCC2)c1-c1ccccc1Cl. The molecule has 2 aromatic rings. The van der Waals surface area contributed by atoms with Crippen LogP contribution in [0, 0.1) is 5.92 Å². The first kappa shape index (κ1) is 14.5. The zero-order valence-corrected chi connectivity index (χ0v) is 12.9. The van der Waals surface area contributed by atoms with Crippen molar-refractivity contribution in [1.29, 1.82) is 0 Å². The molecule has 1 aromatic heterocycles. The molecule has 0 amide bonds. The third kappa shape index (κ3) is 3.24. The molecule has 0 unspecified atom stereocenters. The number of benzene rings is 1. The second-order valence-corrected chi connectivity index (χ2v) is 6.30. The molecular formula is C17H21ClN2O. The Balaban J connectivity index is 1.79. The van der Waals surface area contributed by atoms with Gasteiger partial charge in [0, 0.05) is 10.6 Å². The summed E-state index contributed by atoms with van der Waals surface area (Å²) in [5, 5.41) is 4.85. The standard InChI is InChI=1S/C17H21ClN2O/c18-14-9-5-4-8-13(14)16-15(20-21-17(16)19)11-10-12-6-2-1-3-7-12/h4-5,8-9,12H,1-3,6-7,10-11,19H2. The zero-order chi connectivity index (χ0) is 14.7. The van der Waals surface area contributed by atoms with E-state index in [1.807, 2.05) is 24.3 Å². The molecule has 0 atom stereocenters. The topological polar surface area (TPSA) is 52.0 Å². The molecule has 0 bridgehead atoms. The fourth-order valence-electron chi connectivity index (χ4n) is 3.28. The lowest BCUT2D eigenvalue weighted by molar-refractivity contribution is 0.335. The van der Waals surface area contributed by atoms with Gasteiger partial charge in [-0.25, -0.2) is 0 Å². The number of nitrogens with zero attached hydrogens (tertiary/aromatic N) is 1. The number of hydrogen-bond donors (Lipinski definition) is 1. The lowest BCUT2D eigenvalue weighted by Crippen LogP contribution is -2.07. The van der Waals surface area contributed by atoms with Gasteiger partial charge in [-0.1, -0.05) is 67.1 Å². The summed E-state index contributed by atoms with van der Waals surface area (Å²) in [5.74, 6) is 1.18. The van der Waals surface area contributed by atoms with Crippen LogP contribution in [0.15, 0.2) is 28.8 Å². The number of hydrogen-bond acceptors (Lipinski definition) is 3. The number of aryl methyl sites for hydroxylation is 1. The predicted octanol–water partition coefficient (Wildman–Crippen LogP) is 5.09. The highest BCUT2D eigenvalue weighted by Crippen LogP contribution is 2.36. The van der Waals surface area contributed by atoms with Gasteiger partial charge >= 0.3 is 0 Å². The van der Waals surface area contributed by atoms with Crippen molar-refractivity contribution in [2.75, 3.05) is 5.73 Å². The molecule has 1 fully saturated rings. The maximum atomic E-state index is 6.28. The highest BCUT2D eigenvalue weighted by atomic mass is 35.5. The van der Waals surface area contributed by atoms with E-state index in [1.54, 1.807) is 0 Å². The molecule has 21 heavy (non-hydrogen) atoms. The monoisotopic (exact) mass is 304 g/mol. The number of halogens is 1. The molecule has 0 radical (unpaired) electrons. The van der Waals surface area contributed by atoms with E-state index in [4.69, 9.17) is 21.9 Å². The van der Waals surface area contributed by atoms with Crippen molar-refractivity contribution in [2.24, 2.45) is 5.92 Å².